The number of likely N-dealkylation sites (tertiary alicyclic amines) is 1. The Morgan fingerprint density at radius 2 is 1.95 bits per heavy atom. The van der Waals surface area contributed by atoms with Crippen LogP contribution in [0.15, 0.2) is 48.2 Å². The summed E-state index contributed by atoms with van der Waals surface area (Å²) in [5, 5.41) is 21.8. The van der Waals surface area contributed by atoms with Gasteiger partial charge in [0.15, 0.2) is 0 Å². The van der Waals surface area contributed by atoms with Crippen LogP contribution in [0, 0.1) is 22.6 Å². The smallest absolute Gasteiger partial charge is 0.256 e. The van der Waals surface area contributed by atoms with E-state index in [1.54, 1.807) is 26.1 Å². The third-order valence-corrected chi connectivity index (χ3v) is 8.59. The van der Waals surface area contributed by atoms with Crippen LogP contribution in [-0.4, -0.2) is 47.0 Å². The van der Waals surface area contributed by atoms with Crippen molar-refractivity contribution in [1.29, 1.82) is 10.7 Å². The predicted octanol–water partition coefficient (Wildman–Crippen LogP) is 5.40. The van der Waals surface area contributed by atoms with E-state index in [2.05, 4.69) is 10.3 Å². The number of nitrogens with one attached hydrogen (secondary N) is 3. The van der Waals surface area contributed by atoms with Gasteiger partial charge in [0.25, 0.3) is 5.91 Å². The molecule has 2 amide bonds. The molecule has 1 saturated carbocycles. The van der Waals surface area contributed by atoms with Crippen LogP contribution in [0.1, 0.15) is 53.4 Å². The van der Waals surface area contributed by atoms with Crippen molar-refractivity contribution < 1.29 is 14.0 Å². The molecule has 1 atom stereocenters. The summed E-state index contributed by atoms with van der Waals surface area (Å²) in [5.74, 6) is -1.54. The number of piperidine rings is 1. The molecule has 1 aliphatic heterocycles. The zero-order chi connectivity index (χ0) is 29.6. The van der Waals surface area contributed by atoms with Crippen LogP contribution < -0.4 is 11.1 Å². The van der Waals surface area contributed by atoms with Gasteiger partial charge >= 0.3 is 0 Å². The number of carbonyl (C=O) groups excluding carboxylic acids is 2. The van der Waals surface area contributed by atoms with Crippen LogP contribution in [0.2, 0.25) is 10.0 Å². The summed E-state index contributed by atoms with van der Waals surface area (Å²) in [6, 6.07) is 10.6. The van der Waals surface area contributed by atoms with Crippen molar-refractivity contribution in [3.8, 4) is 17.2 Å². The van der Waals surface area contributed by atoms with Crippen molar-refractivity contribution in [3.05, 3.63) is 86.4 Å². The SMILES string of the molecule is CN/C(=C1/CCN(C(=O)c2cc(F)cc(-c3c[nH]c(C#N)c3)c2Cl)[C@@H](C)C1=N)c1cc(Cl)cc(C2(C(N)=O)CC2)c1. The van der Waals surface area contributed by atoms with Crippen LogP contribution in [0.5, 0.6) is 0 Å². The zero-order valence-electron chi connectivity index (χ0n) is 22.4. The summed E-state index contributed by atoms with van der Waals surface area (Å²) in [5.41, 5.74) is 9.03. The van der Waals surface area contributed by atoms with E-state index in [0.29, 0.717) is 41.1 Å². The van der Waals surface area contributed by atoms with Gasteiger partial charge in [-0.3, -0.25) is 9.59 Å². The number of nitriles is 1. The summed E-state index contributed by atoms with van der Waals surface area (Å²) in [4.78, 5) is 30.1. The predicted molar refractivity (Wildman–Crippen MR) is 156 cm³/mol. The highest BCUT2D eigenvalue weighted by Crippen LogP contribution is 2.49. The van der Waals surface area contributed by atoms with E-state index in [0.717, 1.165) is 17.2 Å². The van der Waals surface area contributed by atoms with Crippen molar-refractivity contribution in [2.45, 2.75) is 37.6 Å². The molecular weight excluding hydrogens is 566 g/mol. The van der Waals surface area contributed by atoms with E-state index in [-0.39, 0.29) is 34.1 Å². The molecule has 0 radical (unpaired) electrons. The molecule has 0 bridgehead atoms. The first-order valence-electron chi connectivity index (χ1n) is 13.0. The maximum atomic E-state index is 14.7. The number of carbonyl (C=O) groups is 2. The Labute approximate surface area is 246 Å². The highest BCUT2D eigenvalue weighted by Gasteiger charge is 2.50. The second kappa shape index (κ2) is 10.7. The Morgan fingerprint density at radius 1 is 1.22 bits per heavy atom. The average Bonchev–Trinajstić information content (AvgIpc) is 3.63. The lowest BCUT2D eigenvalue weighted by Crippen LogP contribution is -2.48. The molecule has 210 valence electrons. The number of amides is 2. The summed E-state index contributed by atoms with van der Waals surface area (Å²) in [6.45, 7) is 1.99. The number of nitrogens with two attached hydrogens (primary N) is 1. The minimum atomic E-state index is -0.723. The normalized spacial score (nSPS) is 19.0. The average molecular weight is 593 g/mol. The molecule has 11 heteroatoms. The number of hydrogen-bond donors (Lipinski definition) is 4. The fourth-order valence-corrected chi connectivity index (χ4v) is 6.05. The van der Waals surface area contributed by atoms with Gasteiger partial charge in [0.05, 0.1) is 27.8 Å². The van der Waals surface area contributed by atoms with Crippen molar-refractivity contribution in [2.24, 2.45) is 5.73 Å². The Hall–Kier alpha value is -4.13. The van der Waals surface area contributed by atoms with Gasteiger partial charge in [-0.05, 0) is 73.7 Å². The fourth-order valence-electron chi connectivity index (χ4n) is 5.51. The molecule has 41 heavy (non-hydrogen) atoms. The fraction of sp³-hybridized carbons (Fsp3) is 0.267. The van der Waals surface area contributed by atoms with Gasteiger partial charge in [0.2, 0.25) is 5.91 Å². The lowest BCUT2D eigenvalue weighted by Gasteiger charge is -2.36. The van der Waals surface area contributed by atoms with Gasteiger partial charge in [0.1, 0.15) is 17.6 Å². The minimum absolute atomic E-state index is 0.0250. The Kier molecular flexibility index (Phi) is 7.41. The number of aromatic nitrogens is 1. The largest absolute Gasteiger partial charge is 0.387 e. The highest BCUT2D eigenvalue weighted by molar-refractivity contribution is 6.36. The van der Waals surface area contributed by atoms with Crippen molar-refractivity contribution in [1.82, 2.24) is 15.2 Å². The molecule has 5 rings (SSSR count). The number of primary amides is 1. The molecule has 2 heterocycles. The van der Waals surface area contributed by atoms with E-state index in [1.165, 1.54) is 23.2 Å². The first-order chi connectivity index (χ1) is 19.5. The summed E-state index contributed by atoms with van der Waals surface area (Å²) in [7, 11) is 1.74. The number of H-pyrrole nitrogens is 1. The third kappa shape index (κ3) is 4.98. The first-order valence-corrected chi connectivity index (χ1v) is 13.8. The van der Waals surface area contributed by atoms with Gasteiger partial charge < -0.3 is 26.3 Å². The highest BCUT2D eigenvalue weighted by atomic mass is 35.5. The lowest BCUT2D eigenvalue weighted by atomic mass is 9.88. The zero-order valence-corrected chi connectivity index (χ0v) is 23.9. The third-order valence-electron chi connectivity index (χ3n) is 7.97. The number of nitrogens with zero attached hydrogens (tertiary/aromatic N) is 2. The molecule has 2 aromatic carbocycles. The van der Waals surface area contributed by atoms with Crippen LogP contribution in [0.25, 0.3) is 16.8 Å². The van der Waals surface area contributed by atoms with E-state index in [4.69, 9.17) is 39.6 Å². The van der Waals surface area contributed by atoms with Crippen molar-refractivity contribution in [2.75, 3.05) is 13.6 Å². The number of benzene rings is 2. The Balaban J connectivity index is 1.47. The van der Waals surface area contributed by atoms with Crippen LogP contribution in [-0.2, 0) is 10.2 Å². The van der Waals surface area contributed by atoms with E-state index >= 15 is 0 Å². The van der Waals surface area contributed by atoms with Crippen LogP contribution in [0.3, 0.4) is 0 Å². The molecule has 0 spiro atoms. The minimum Gasteiger partial charge on any atom is -0.387 e. The molecule has 2 fully saturated rings. The second-order valence-corrected chi connectivity index (χ2v) is 11.2. The quantitative estimate of drug-likeness (QED) is 0.304. The lowest BCUT2D eigenvalue weighted by molar-refractivity contribution is -0.120. The first kappa shape index (κ1) is 28.4. The van der Waals surface area contributed by atoms with E-state index < -0.39 is 29.1 Å². The van der Waals surface area contributed by atoms with Gasteiger partial charge in [-0.2, -0.15) is 5.26 Å². The van der Waals surface area contributed by atoms with Crippen LogP contribution >= 0.6 is 23.2 Å². The van der Waals surface area contributed by atoms with Gasteiger partial charge in [-0.15, -0.1) is 0 Å². The summed E-state index contributed by atoms with van der Waals surface area (Å²) < 4.78 is 14.7. The number of halogens is 3. The summed E-state index contributed by atoms with van der Waals surface area (Å²) in [6.07, 6.45) is 3.19. The molecular formula is C30H27Cl2FN6O2. The van der Waals surface area contributed by atoms with Gasteiger partial charge in [-0.25, -0.2) is 4.39 Å². The van der Waals surface area contributed by atoms with Gasteiger partial charge in [-0.1, -0.05) is 23.2 Å². The molecule has 1 aliphatic carbocycles. The molecule has 2 aliphatic rings. The molecule has 5 N–H and O–H groups in total. The number of hydrogen-bond acceptors (Lipinski definition) is 5. The molecule has 3 aromatic rings. The Bertz CT molecular complexity index is 1680. The van der Waals surface area contributed by atoms with Crippen LogP contribution in [0.4, 0.5) is 4.39 Å². The van der Waals surface area contributed by atoms with Crippen molar-refractivity contribution >= 4 is 46.4 Å². The molecule has 0 unspecified atom stereocenters. The van der Waals surface area contributed by atoms with E-state index in [9.17, 15) is 14.0 Å². The molecule has 1 aromatic heterocycles. The monoisotopic (exact) mass is 592 g/mol. The molecule has 1 saturated heterocycles. The number of aromatic amines is 1. The standard InChI is InChI=1S/C30H27Cl2FN6O2/c1-15-26(35)22(27(37-2)16-7-18(10-19(31)8-16)30(4-5-30)29(36)41)3-6-39(15)28(40)24-12-20(33)11-23(25(24)32)17-9-21(13-34)38-14-17/h7-12,14-15,35,37-38H,3-6H2,1-2H3,(H2,36,41)/b27-22-,35-26?/t15-/m0/s1. The van der Waals surface area contributed by atoms with Crippen molar-refractivity contribution in [3.63, 3.8) is 0 Å². The second-order valence-electron chi connectivity index (χ2n) is 10.3. The van der Waals surface area contributed by atoms with Gasteiger partial charge in [0, 0.05) is 47.2 Å². The number of rotatable bonds is 6. The maximum absolute atomic E-state index is 14.7. The topological polar surface area (TPSA) is 139 Å². The molecule has 8 nitrogen and oxygen atoms in total. The summed E-state index contributed by atoms with van der Waals surface area (Å²) >= 11 is 13.1. The van der Waals surface area contributed by atoms with E-state index in [1.807, 2.05) is 12.1 Å². The Morgan fingerprint density at radius 3 is 2.56 bits per heavy atom. The maximum Gasteiger partial charge on any atom is 0.256 e.